The van der Waals surface area contributed by atoms with Crippen LogP contribution in [0.25, 0.3) is 0 Å². The largest absolute Gasteiger partial charge is 0.313 e. The number of benzene rings is 1. The maximum Gasteiger partial charge on any atom is 0.0440 e. The second-order valence-corrected chi connectivity index (χ2v) is 7.00. The van der Waals surface area contributed by atoms with Crippen LogP contribution < -0.4 is 5.32 Å². The Balaban J connectivity index is 1.35. The second-order valence-electron chi connectivity index (χ2n) is 6.60. The number of hydrogen-bond donors (Lipinski definition) is 1. The molecule has 1 saturated carbocycles. The van der Waals surface area contributed by atoms with E-state index in [0.29, 0.717) is 12.0 Å². The van der Waals surface area contributed by atoms with Crippen molar-refractivity contribution in [2.24, 2.45) is 0 Å². The predicted molar refractivity (Wildman–Crippen MR) is 90.1 cm³/mol. The molecule has 2 fully saturated rings. The third-order valence-electron chi connectivity index (χ3n) is 5.04. The Labute approximate surface area is 133 Å². The summed E-state index contributed by atoms with van der Waals surface area (Å²) in [5.41, 5.74) is 1.34. The van der Waals surface area contributed by atoms with E-state index in [1.54, 1.807) is 0 Å². The van der Waals surface area contributed by atoms with E-state index in [0.717, 1.165) is 11.6 Å². The van der Waals surface area contributed by atoms with Gasteiger partial charge in [-0.25, -0.2) is 0 Å². The van der Waals surface area contributed by atoms with Crippen molar-refractivity contribution >= 4 is 11.6 Å². The van der Waals surface area contributed by atoms with Crippen LogP contribution in [-0.4, -0.2) is 37.1 Å². The Hall–Kier alpha value is -0.570. The third-order valence-corrected chi connectivity index (χ3v) is 5.39. The van der Waals surface area contributed by atoms with E-state index in [2.05, 4.69) is 22.3 Å². The molecule has 0 atom stereocenters. The lowest BCUT2D eigenvalue weighted by molar-refractivity contribution is 0.248. The topological polar surface area (TPSA) is 15.3 Å². The quantitative estimate of drug-likeness (QED) is 0.883. The molecule has 0 amide bonds. The van der Waals surface area contributed by atoms with E-state index in [1.807, 2.05) is 12.1 Å². The molecule has 0 bridgehead atoms. The van der Waals surface area contributed by atoms with Gasteiger partial charge in [0, 0.05) is 24.2 Å². The summed E-state index contributed by atoms with van der Waals surface area (Å²) in [4.78, 5) is 2.63. The lowest BCUT2D eigenvalue weighted by atomic mass is 9.76. The minimum atomic E-state index is 0.661. The van der Waals surface area contributed by atoms with Crippen molar-refractivity contribution in [2.75, 3.05) is 26.2 Å². The highest BCUT2D eigenvalue weighted by atomic mass is 35.5. The number of rotatable bonds is 5. The normalized spacial score (nSPS) is 27.1. The monoisotopic (exact) mass is 306 g/mol. The van der Waals surface area contributed by atoms with Gasteiger partial charge in [0.2, 0.25) is 0 Å². The van der Waals surface area contributed by atoms with Gasteiger partial charge in [-0.1, -0.05) is 42.6 Å². The Morgan fingerprint density at radius 1 is 1.05 bits per heavy atom. The van der Waals surface area contributed by atoms with Crippen molar-refractivity contribution in [1.29, 1.82) is 0 Å². The summed E-state index contributed by atoms with van der Waals surface area (Å²) in [5, 5.41) is 4.66. The molecule has 116 valence electrons. The molecule has 3 rings (SSSR count). The predicted octanol–water partition coefficient (Wildman–Crippen LogP) is 4.05. The molecule has 2 aliphatic rings. The number of halogens is 1. The first kappa shape index (κ1) is 15.3. The van der Waals surface area contributed by atoms with Crippen molar-refractivity contribution in [2.45, 2.75) is 50.5 Å². The first-order chi connectivity index (χ1) is 10.3. The SMILES string of the molecule is Clc1ccccc1C1CC(NCCN2CCCCCC2)C1. The van der Waals surface area contributed by atoms with E-state index in [-0.39, 0.29) is 0 Å². The summed E-state index contributed by atoms with van der Waals surface area (Å²) in [7, 11) is 0. The molecule has 1 N–H and O–H groups in total. The summed E-state index contributed by atoms with van der Waals surface area (Å²) in [6.45, 7) is 4.95. The van der Waals surface area contributed by atoms with Crippen LogP contribution in [0.2, 0.25) is 5.02 Å². The van der Waals surface area contributed by atoms with Crippen LogP contribution in [0.1, 0.15) is 50.0 Å². The Morgan fingerprint density at radius 2 is 1.76 bits per heavy atom. The fourth-order valence-corrected chi connectivity index (χ4v) is 3.92. The van der Waals surface area contributed by atoms with E-state index in [9.17, 15) is 0 Å². The Bertz CT molecular complexity index is 435. The molecule has 0 radical (unpaired) electrons. The van der Waals surface area contributed by atoms with E-state index in [1.165, 1.54) is 63.7 Å². The molecule has 1 aliphatic heterocycles. The molecule has 0 aromatic heterocycles. The first-order valence-corrected chi connectivity index (χ1v) is 8.91. The van der Waals surface area contributed by atoms with Crippen LogP contribution in [0.15, 0.2) is 24.3 Å². The zero-order chi connectivity index (χ0) is 14.5. The molecular formula is C18H27ClN2. The smallest absolute Gasteiger partial charge is 0.0440 e. The number of nitrogens with zero attached hydrogens (tertiary/aromatic N) is 1. The van der Waals surface area contributed by atoms with Gasteiger partial charge in [-0.05, 0) is 56.3 Å². The highest BCUT2D eigenvalue weighted by Crippen LogP contribution is 2.39. The zero-order valence-electron chi connectivity index (χ0n) is 12.9. The Morgan fingerprint density at radius 3 is 2.48 bits per heavy atom. The van der Waals surface area contributed by atoms with E-state index < -0.39 is 0 Å². The molecule has 1 aromatic rings. The van der Waals surface area contributed by atoms with Gasteiger partial charge >= 0.3 is 0 Å². The van der Waals surface area contributed by atoms with Crippen LogP contribution in [0.4, 0.5) is 0 Å². The fourth-order valence-electron chi connectivity index (χ4n) is 3.63. The zero-order valence-corrected chi connectivity index (χ0v) is 13.6. The minimum Gasteiger partial charge on any atom is -0.313 e. The molecular weight excluding hydrogens is 280 g/mol. The molecule has 1 aliphatic carbocycles. The van der Waals surface area contributed by atoms with Gasteiger partial charge in [-0.3, -0.25) is 0 Å². The third kappa shape index (κ3) is 4.21. The Kier molecular flexibility index (Phi) is 5.56. The highest BCUT2D eigenvalue weighted by molar-refractivity contribution is 6.31. The molecule has 1 heterocycles. The summed E-state index contributed by atoms with van der Waals surface area (Å²) in [6, 6.07) is 9.00. The summed E-state index contributed by atoms with van der Waals surface area (Å²) < 4.78 is 0. The summed E-state index contributed by atoms with van der Waals surface area (Å²) in [6.07, 6.45) is 8.10. The minimum absolute atomic E-state index is 0.661. The average molecular weight is 307 g/mol. The van der Waals surface area contributed by atoms with Gasteiger partial charge in [0.05, 0.1) is 0 Å². The van der Waals surface area contributed by atoms with Gasteiger partial charge in [0.15, 0.2) is 0 Å². The lowest BCUT2D eigenvalue weighted by Crippen LogP contribution is -2.43. The van der Waals surface area contributed by atoms with Crippen molar-refractivity contribution in [3.63, 3.8) is 0 Å². The number of hydrogen-bond acceptors (Lipinski definition) is 2. The summed E-state index contributed by atoms with van der Waals surface area (Å²) >= 11 is 6.27. The van der Waals surface area contributed by atoms with Crippen molar-refractivity contribution < 1.29 is 0 Å². The van der Waals surface area contributed by atoms with Crippen LogP contribution in [-0.2, 0) is 0 Å². The van der Waals surface area contributed by atoms with Crippen LogP contribution in [0.3, 0.4) is 0 Å². The molecule has 21 heavy (non-hydrogen) atoms. The van der Waals surface area contributed by atoms with E-state index >= 15 is 0 Å². The molecule has 3 heteroatoms. The molecule has 2 nitrogen and oxygen atoms in total. The standard InChI is InChI=1S/C18H27ClN2/c19-18-8-4-3-7-17(18)15-13-16(14-15)20-9-12-21-10-5-1-2-6-11-21/h3-4,7-8,15-16,20H,1-2,5-6,9-14H2. The van der Waals surface area contributed by atoms with Crippen LogP contribution in [0.5, 0.6) is 0 Å². The van der Waals surface area contributed by atoms with Crippen molar-refractivity contribution in [3.05, 3.63) is 34.9 Å². The molecule has 0 unspecified atom stereocenters. The summed E-state index contributed by atoms with van der Waals surface area (Å²) in [5.74, 6) is 0.661. The highest BCUT2D eigenvalue weighted by Gasteiger charge is 2.30. The maximum atomic E-state index is 6.27. The van der Waals surface area contributed by atoms with Gasteiger partial charge < -0.3 is 10.2 Å². The molecule has 1 saturated heterocycles. The second kappa shape index (κ2) is 7.62. The van der Waals surface area contributed by atoms with E-state index in [4.69, 9.17) is 11.6 Å². The van der Waals surface area contributed by atoms with Crippen LogP contribution >= 0.6 is 11.6 Å². The first-order valence-electron chi connectivity index (χ1n) is 8.53. The van der Waals surface area contributed by atoms with Gasteiger partial charge in [0.1, 0.15) is 0 Å². The number of likely N-dealkylation sites (tertiary alicyclic amines) is 1. The molecule has 0 spiro atoms. The van der Waals surface area contributed by atoms with Gasteiger partial charge in [-0.15, -0.1) is 0 Å². The van der Waals surface area contributed by atoms with Gasteiger partial charge in [-0.2, -0.15) is 0 Å². The van der Waals surface area contributed by atoms with Crippen molar-refractivity contribution in [1.82, 2.24) is 10.2 Å². The van der Waals surface area contributed by atoms with Crippen LogP contribution in [0, 0.1) is 0 Å². The molecule has 1 aromatic carbocycles. The fraction of sp³-hybridized carbons (Fsp3) is 0.667. The average Bonchev–Trinajstić information content (AvgIpc) is 2.71. The lowest BCUT2D eigenvalue weighted by Gasteiger charge is -2.37. The number of nitrogens with one attached hydrogen (secondary N) is 1. The maximum absolute atomic E-state index is 6.27. The van der Waals surface area contributed by atoms with Gasteiger partial charge in [0.25, 0.3) is 0 Å². The van der Waals surface area contributed by atoms with Crippen molar-refractivity contribution in [3.8, 4) is 0 Å².